The van der Waals surface area contributed by atoms with E-state index in [4.69, 9.17) is 12.2 Å². The molecule has 0 fully saturated rings. The molecule has 23 heavy (non-hydrogen) atoms. The fourth-order valence-corrected chi connectivity index (χ4v) is 2.16. The number of H-pyrrole nitrogens is 2. The maximum atomic E-state index is 12.0. The first-order valence-electron chi connectivity index (χ1n) is 6.75. The summed E-state index contributed by atoms with van der Waals surface area (Å²) in [5.74, 6) is 0.192. The number of para-hydroxylation sites is 1. The molecule has 0 aliphatic rings. The number of rotatable bonds is 3. The van der Waals surface area contributed by atoms with Crippen LogP contribution in [0, 0.1) is 4.77 Å². The van der Waals surface area contributed by atoms with Crippen LogP contribution in [-0.2, 0) is 0 Å². The van der Waals surface area contributed by atoms with Crippen molar-refractivity contribution in [3.8, 4) is 17.0 Å². The number of aromatic nitrogens is 3. The Balaban J connectivity index is 2.02. The molecule has 6 nitrogen and oxygen atoms in total. The summed E-state index contributed by atoms with van der Waals surface area (Å²) < 4.78 is 0.170. The van der Waals surface area contributed by atoms with Crippen LogP contribution in [0.3, 0.4) is 0 Å². The molecule has 0 radical (unpaired) electrons. The summed E-state index contributed by atoms with van der Waals surface area (Å²) in [4.78, 5) is 18.9. The van der Waals surface area contributed by atoms with E-state index in [1.54, 1.807) is 48.7 Å². The van der Waals surface area contributed by atoms with Gasteiger partial charge in [0.1, 0.15) is 5.75 Å². The number of aliphatic imine (C=N–C) groups is 1. The highest BCUT2D eigenvalue weighted by Gasteiger charge is 2.09. The van der Waals surface area contributed by atoms with Crippen LogP contribution in [0.15, 0.2) is 58.3 Å². The Labute approximate surface area is 136 Å². The number of aromatic hydroxyl groups is 1. The van der Waals surface area contributed by atoms with Gasteiger partial charge in [-0.15, -0.1) is 0 Å². The predicted octanol–water partition coefficient (Wildman–Crippen LogP) is 2.95. The predicted molar refractivity (Wildman–Crippen MR) is 90.8 cm³/mol. The molecule has 7 heteroatoms. The van der Waals surface area contributed by atoms with Crippen LogP contribution in [0.5, 0.6) is 5.75 Å². The lowest BCUT2D eigenvalue weighted by molar-refractivity contribution is 0.475. The number of hydrogen-bond acceptors (Lipinski definition) is 5. The van der Waals surface area contributed by atoms with Gasteiger partial charge >= 0.3 is 0 Å². The molecule has 1 heterocycles. The highest BCUT2D eigenvalue weighted by Crippen LogP contribution is 2.26. The van der Waals surface area contributed by atoms with Crippen molar-refractivity contribution < 1.29 is 5.11 Å². The van der Waals surface area contributed by atoms with Gasteiger partial charge in [0.2, 0.25) is 0 Å². The van der Waals surface area contributed by atoms with Crippen LogP contribution in [0.25, 0.3) is 11.3 Å². The first kappa shape index (κ1) is 14.9. The van der Waals surface area contributed by atoms with E-state index < -0.39 is 0 Å². The van der Waals surface area contributed by atoms with Crippen LogP contribution in [0.2, 0.25) is 0 Å². The zero-order chi connectivity index (χ0) is 16.2. The zero-order valence-electron chi connectivity index (χ0n) is 11.9. The Morgan fingerprint density at radius 3 is 2.61 bits per heavy atom. The van der Waals surface area contributed by atoms with E-state index in [1.165, 1.54) is 0 Å². The summed E-state index contributed by atoms with van der Waals surface area (Å²) in [6.07, 6.45) is 1.65. The van der Waals surface area contributed by atoms with Crippen LogP contribution >= 0.6 is 12.2 Å². The van der Waals surface area contributed by atoms with Crippen molar-refractivity contribution in [2.45, 2.75) is 0 Å². The molecule has 3 aromatic rings. The second-order valence-corrected chi connectivity index (χ2v) is 5.13. The summed E-state index contributed by atoms with van der Waals surface area (Å²) in [6, 6.07) is 13.8. The van der Waals surface area contributed by atoms with E-state index in [0.717, 1.165) is 5.56 Å². The molecule has 0 atom stereocenters. The first-order chi connectivity index (χ1) is 11.1. The van der Waals surface area contributed by atoms with Crippen LogP contribution in [0.1, 0.15) is 5.56 Å². The maximum absolute atomic E-state index is 12.0. The third kappa shape index (κ3) is 3.41. The van der Waals surface area contributed by atoms with E-state index in [1.807, 2.05) is 6.07 Å². The van der Waals surface area contributed by atoms with Crippen molar-refractivity contribution in [3.63, 3.8) is 0 Å². The summed E-state index contributed by atoms with van der Waals surface area (Å²) in [6.45, 7) is 0. The monoisotopic (exact) mass is 324 g/mol. The van der Waals surface area contributed by atoms with Crippen molar-refractivity contribution in [2.75, 3.05) is 0 Å². The minimum Gasteiger partial charge on any atom is -0.508 e. The zero-order valence-corrected chi connectivity index (χ0v) is 12.7. The quantitative estimate of drug-likeness (QED) is 0.510. The summed E-state index contributed by atoms with van der Waals surface area (Å²) in [5, 5.41) is 15.9. The SMILES string of the molecule is O=c1[nH]c(=S)[nH]nc1-c1ccccc1N=Cc1ccc(O)cc1. The van der Waals surface area contributed by atoms with Gasteiger partial charge < -0.3 is 5.11 Å². The van der Waals surface area contributed by atoms with Gasteiger partial charge in [-0.3, -0.25) is 19.9 Å². The van der Waals surface area contributed by atoms with Gasteiger partial charge in [-0.1, -0.05) is 18.2 Å². The van der Waals surface area contributed by atoms with E-state index >= 15 is 0 Å². The number of nitrogens with zero attached hydrogens (tertiary/aromatic N) is 2. The third-order valence-corrected chi connectivity index (χ3v) is 3.31. The molecule has 3 rings (SSSR count). The molecule has 0 aliphatic heterocycles. The van der Waals surface area contributed by atoms with Crippen molar-refractivity contribution in [3.05, 3.63) is 69.2 Å². The van der Waals surface area contributed by atoms with Crippen molar-refractivity contribution in [1.82, 2.24) is 15.2 Å². The lowest BCUT2D eigenvalue weighted by Gasteiger charge is -2.03. The lowest BCUT2D eigenvalue weighted by atomic mass is 10.1. The second kappa shape index (κ2) is 6.37. The highest BCUT2D eigenvalue weighted by atomic mass is 32.1. The molecule has 0 saturated heterocycles. The Hall–Kier alpha value is -3.06. The summed E-state index contributed by atoms with van der Waals surface area (Å²) >= 11 is 4.84. The van der Waals surface area contributed by atoms with Gasteiger partial charge in [0.05, 0.1) is 5.69 Å². The van der Waals surface area contributed by atoms with E-state index in [2.05, 4.69) is 20.2 Å². The molecule has 3 N–H and O–H groups in total. The molecule has 0 bridgehead atoms. The molecule has 1 aromatic heterocycles. The molecular weight excluding hydrogens is 312 g/mol. The smallest absolute Gasteiger partial charge is 0.278 e. The van der Waals surface area contributed by atoms with E-state index in [-0.39, 0.29) is 21.8 Å². The minimum atomic E-state index is -0.374. The lowest BCUT2D eigenvalue weighted by Crippen LogP contribution is -2.12. The molecule has 0 saturated carbocycles. The van der Waals surface area contributed by atoms with Crippen LogP contribution in [0.4, 0.5) is 5.69 Å². The molecule has 0 aliphatic carbocycles. The number of benzene rings is 2. The first-order valence-corrected chi connectivity index (χ1v) is 7.16. The van der Waals surface area contributed by atoms with Gasteiger partial charge in [-0.25, -0.2) is 0 Å². The molecule has 0 spiro atoms. The normalized spacial score (nSPS) is 11.0. The van der Waals surface area contributed by atoms with Crippen molar-refractivity contribution in [1.29, 1.82) is 0 Å². The van der Waals surface area contributed by atoms with Gasteiger partial charge in [0.25, 0.3) is 5.56 Å². The average molecular weight is 324 g/mol. The Kier molecular flexibility index (Phi) is 4.11. The highest BCUT2D eigenvalue weighted by molar-refractivity contribution is 7.71. The Morgan fingerprint density at radius 1 is 1.13 bits per heavy atom. The van der Waals surface area contributed by atoms with Crippen molar-refractivity contribution in [2.24, 2.45) is 4.99 Å². The van der Waals surface area contributed by atoms with Gasteiger partial charge in [-0.05, 0) is 48.1 Å². The topological polar surface area (TPSA) is 94.1 Å². The standard InChI is InChI=1S/C16H12N4O2S/c21-11-7-5-10(6-8-11)9-17-13-4-2-1-3-12(13)14-15(22)18-16(23)20-19-14/h1-9,21H,(H2,18,20,22,23). The molecule has 114 valence electrons. The average Bonchev–Trinajstić information content (AvgIpc) is 2.55. The van der Waals surface area contributed by atoms with E-state index in [9.17, 15) is 9.90 Å². The van der Waals surface area contributed by atoms with Gasteiger partial charge in [0, 0.05) is 11.8 Å². The molecule has 0 amide bonds. The molecular formula is C16H12N4O2S. The van der Waals surface area contributed by atoms with E-state index in [0.29, 0.717) is 11.3 Å². The number of aromatic amines is 2. The number of phenols is 1. The second-order valence-electron chi connectivity index (χ2n) is 4.72. The third-order valence-electron chi connectivity index (χ3n) is 3.12. The fraction of sp³-hybridized carbons (Fsp3) is 0. The largest absolute Gasteiger partial charge is 0.508 e. The van der Waals surface area contributed by atoms with Crippen LogP contribution < -0.4 is 5.56 Å². The maximum Gasteiger partial charge on any atom is 0.278 e. The minimum absolute atomic E-state index is 0.170. The molecule has 2 aromatic carbocycles. The summed E-state index contributed by atoms with van der Waals surface area (Å²) in [5.41, 5.74) is 1.86. The van der Waals surface area contributed by atoms with Gasteiger partial charge in [-0.2, -0.15) is 5.10 Å². The Bertz CT molecular complexity index is 974. The Morgan fingerprint density at radius 2 is 1.87 bits per heavy atom. The summed E-state index contributed by atoms with van der Waals surface area (Å²) in [7, 11) is 0. The number of hydrogen-bond donors (Lipinski definition) is 3. The van der Waals surface area contributed by atoms with Crippen LogP contribution in [-0.4, -0.2) is 26.5 Å². The van der Waals surface area contributed by atoms with Crippen molar-refractivity contribution >= 4 is 24.1 Å². The fourth-order valence-electron chi connectivity index (χ4n) is 2.02. The number of nitrogens with one attached hydrogen (secondary N) is 2. The number of phenolic OH excluding ortho intramolecular Hbond substituents is 1. The molecule has 0 unspecified atom stereocenters. The van der Waals surface area contributed by atoms with Gasteiger partial charge in [0.15, 0.2) is 10.5 Å².